The van der Waals surface area contributed by atoms with E-state index in [2.05, 4.69) is 22.0 Å². The Morgan fingerprint density at radius 1 is 1.19 bits per heavy atom. The third kappa shape index (κ3) is 4.13. The van der Waals surface area contributed by atoms with E-state index in [4.69, 9.17) is 4.74 Å². The highest BCUT2D eigenvalue weighted by Crippen LogP contribution is 2.37. The monoisotopic (exact) mass is 506 g/mol. The highest BCUT2D eigenvalue weighted by atomic mass is 79.9. The maximum Gasteiger partial charge on any atom is 0.246 e. The molecule has 0 N–H and O–H groups in total. The van der Waals surface area contributed by atoms with Crippen molar-refractivity contribution in [1.29, 1.82) is 0 Å². The van der Waals surface area contributed by atoms with E-state index in [1.54, 1.807) is 12.1 Å². The molecule has 6 nitrogen and oxygen atoms in total. The minimum atomic E-state index is -3.77. The molecule has 0 unspecified atom stereocenters. The number of hydrogen-bond donors (Lipinski definition) is 0. The molecule has 31 heavy (non-hydrogen) atoms. The first-order valence-electron chi connectivity index (χ1n) is 10.5. The molecule has 2 atom stereocenters. The number of sulfonamides is 1. The number of nitrogens with zero attached hydrogens (tertiary/aromatic N) is 2. The van der Waals surface area contributed by atoms with Crippen LogP contribution in [0, 0.1) is 12.8 Å². The number of piperidine rings is 1. The summed E-state index contributed by atoms with van der Waals surface area (Å²) < 4.78 is 34.6. The van der Waals surface area contributed by atoms with Crippen LogP contribution in [0.1, 0.15) is 30.9 Å². The number of halogens is 1. The number of hydrogen-bond acceptors (Lipinski definition) is 4. The first-order chi connectivity index (χ1) is 14.7. The molecule has 4 rings (SSSR count). The maximum atomic E-state index is 13.5. The maximum absolute atomic E-state index is 13.5. The van der Waals surface area contributed by atoms with Gasteiger partial charge in [-0.2, -0.15) is 4.31 Å². The van der Waals surface area contributed by atoms with Gasteiger partial charge in [-0.3, -0.25) is 4.79 Å². The van der Waals surface area contributed by atoms with Crippen molar-refractivity contribution in [3.05, 3.63) is 52.0 Å². The molecule has 2 aliphatic heterocycles. The summed E-state index contributed by atoms with van der Waals surface area (Å²) in [4.78, 5) is 15.5. The molecule has 2 aromatic rings. The van der Waals surface area contributed by atoms with Crippen molar-refractivity contribution in [2.45, 2.75) is 44.0 Å². The summed E-state index contributed by atoms with van der Waals surface area (Å²) in [5.41, 5.74) is 2.92. The number of carbonyl (C=O) groups is 1. The highest BCUT2D eigenvalue weighted by Gasteiger charge is 2.39. The number of methoxy groups -OCH3 is 1. The second kappa shape index (κ2) is 8.56. The van der Waals surface area contributed by atoms with Crippen molar-refractivity contribution in [3.63, 3.8) is 0 Å². The average molecular weight is 507 g/mol. The zero-order valence-electron chi connectivity index (χ0n) is 18.0. The molecule has 1 amide bonds. The van der Waals surface area contributed by atoms with Gasteiger partial charge in [-0.1, -0.05) is 22.0 Å². The number of rotatable bonds is 4. The fraction of sp³-hybridized carbons (Fsp3) is 0.435. The molecule has 0 aliphatic carbocycles. The summed E-state index contributed by atoms with van der Waals surface area (Å²) in [5, 5.41) is 0. The molecule has 0 aromatic heterocycles. The van der Waals surface area contributed by atoms with Crippen molar-refractivity contribution >= 4 is 37.5 Å². The van der Waals surface area contributed by atoms with Crippen LogP contribution >= 0.6 is 15.9 Å². The Balaban J connectivity index is 1.60. The van der Waals surface area contributed by atoms with Crippen molar-refractivity contribution in [3.8, 4) is 5.75 Å². The number of anilines is 1. The van der Waals surface area contributed by atoms with Crippen LogP contribution in [0.2, 0.25) is 0 Å². The van der Waals surface area contributed by atoms with Crippen LogP contribution in [0.15, 0.2) is 45.8 Å². The summed E-state index contributed by atoms with van der Waals surface area (Å²) >= 11 is 3.50. The van der Waals surface area contributed by atoms with E-state index in [-0.39, 0.29) is 29.3 Å². The van der Waals surface area contributed by atoms with Gasteiger partial charge in [-0.25, -0.2) is 8.42 Å². The molecule has 166 valence electrons. The second-order valence-electron chi connectivity index (χ2n) is 8.39. The largest absolute Gasteiger partial charge is 0.495 e. The lowest BCUT2D eigenvalue weighted by atomic mass is 9.97. The smallest absolute Gasteiger partial charge is 0.246 e. The van der Waals surface area contributed by atoms with E-state index in [0.717, 1.165) is 27.7 Å². The number of benzene rings is 2. The number of aryl methyl sites for hydroxylation is 1. The second-order valence-corrected chi connectivity index (χ2v) is 11.2. The predicted octanol–water partition coefficient (Wildman–Crippen LogP) is 4.14. The third-order valence-electron chi connectivity index (χ3n) is 6.16. The Morgan fingerprint density at radius 3 is 2.71 bits per heavy atom. The van der Waals surface area contributed by atoms with E-state index in [0.29, 0.717) is 25.1 Å². The molecule has 0 radical (unpaired) electrons. The Hall–Kier alpha value is -1.90. The van der Waals surface area contributed by atoms with E-state index in [1.807, 2.05) is 36.9 Å². The molecular formula is C23H27BrN2O4S. The van der Waals surface area contributed by atoms with Gasteiger partial charge in [-0.15, -0.1) is 0 Å². The van der Waals surface area contributed by atoms with E-state index in [9.17, 15) is 13.2 Å². The van der Waals surface area contributed by atoms with Gasteiger partial charge in [0, 0.05) is 29.3 Å². The van der Waals surface area contributed by atoms with Crippen LogP contribution < -0.4 is 9.64 Å². The summed E-state index contributed by atoms with van der Waals surface area (Å²) in [5.74, 6) is -0.0345. The van der Waals surface area contributed by atoms with Crippen LogP contribution in [0.3, 0.4) is 0 Å². The molecule has 0 bridgehead atoms. The van der Waals surface area contributed by atoms with Crippen molar-refractivity contribution < 1.29 is 17.9 Å². The van der Waals surface area contributed by atoms with Crippen molar-refractivity contribution in [2.75, 3.05) is 25.1 Å². The van der Waals surface area contributed by atoms with Crippen LogP contribution in [-0.4, -0.2) is 44.9 Å². The van der Waals surface area contributed by atoms with Gasteiger partial charge >= 0.3 is 0 Å². The minimum absolute atomic E-state index is 0.00433. The van der Waals surface area contributed by atoms with Gasteiger partial charge in [0.15, 0.2) is 0 Å². The van der Waals surface area contributed by atoms with Crippen LogP contribution in [-0.2, 0) is 21.2 Å². The molecule has 8 heteroatoms. The number of amides is 1. The Bertz CT molecular complexity index is 1120. The zero-order valence-corrected chi connectivity index (χ0v) is 20.4. The van der Waals surface area contributed by atoms with E-state index >= 15 is 0 Å². The molecule has 1 saturated heterocycles. The number of carbonyl (C=O) groups excluding carboxylic acids is 1. The fourth-order valence-corrected chi connectivity index (χ4v) is 6.79. The lowest BCUT2D eigenvalue weighted by Gasteiger charge is -2.35. The van der Waals surface area contributed by atoms with Gasteiger partial charge in [-0.05, 0) is 74.6 Å². The quantitative estimate of drug-likeness (QED) is 0.624. The first-order valence-corrected chi connectivity index (χ1v) is 12.7. The molecule has 2 aliphatic rings. The van der Waals surface area contributed by atoms with Crippen LogP contribution in [0.4, 0.5) is 5.69 Å². The van der Waals surface area contributed by atoms with Gasteiger partial charge in [0.25, 0.3) is 0 Å². The molecular weight excluding hydrogens is 480 g/mol. The van der Waals surface area contributed by atoms with Crippen molar-refractivity contribution in [2.24, 2.45) is 5.92 Å². The molecule has 0 spiro atoms. The lowest BCUT2D eigenvalue weighted by molar-refractivity contribution is -0.123. The normalized spacial score (nSPS) is 21.7. The highest BCUT2D eigenvalue weighted by molar-refractivity contribution is 9.10. The Kier molecular flexibility index (Phi) is 6.16. The van der Waals surface area contributed by atoms with Gasteiger partial charge in [0.2, 0.25) is 15.9 Å². The summed E-state index contributed by atoms with van der Waals surface area (Å²) in [6.07, 6.45) is 2.14. The molecule has 1 fully saturated rings. The van der Waals surface area contributed by atoms with Gasteiger partial charge in [0.1, 0.15) is 10.6 Å². The first kappa shape index (κ1) is 22.3. The average Bonchev–Trinajstić information content (AvgIpc) is 3.07. The minimum Gasteiger partial charge on any atom is -0.495 e. The summed E-state index contributed by atoms with van der Waals surface area (Å²) in [6.45, 7) is 4.49. The summed E-state index contributed by atoms with van der Waals surface area (Å²) in [6, 6.07) is 11.2. The number of ether oxygens (including phenoxy) is 1. The molecule has 2 aromatic carbocycles. The van der Waals surface area contributed by atoms with E-state index in [1.165, 1.54) is 11.4 Å². The Labute approximate surface area is 192 Å². The topological polar surface area (TPSA) is 66.9 Å². The van der Waals surface area contributed by atoms with Crippen molar-refractivity contribution in [1.82, 2.24) is 4.31 Å². The fourth-order valence-electron chi connectivity index (χ4n) is 4.62. The van der Waals surface area contributed by atoms with Gasteiger partial charge < -0.3 is 9.64 Å². The Morgan fingerprint density at radius 2 is 1.97 bits per heavy atom. The van der Waals surface area contributed by atoms with Crippen LogP contribution in [0.25, 0.3) is 0 Å². The van der Waals surface area contributed by atoms with Crippen LogP contribution in [0.5, 0.6) is 5.75 Å². The lowest BCUT2D eigenvalue weighted by Crippen LogP contribution is -2.48. The summed E-state index contributed by atoms with van der Waals surface area (Å²) in [7, 11) is -2.30. The molecule has 2 heterocycles. The molecule has 0 saturated carbocycles. The van der Waals surface area contributed by atoms with Gasteiger partial charge in [0.05, 0.1) is 13.0 Å². The van der Waals surface area contributed by atoms with E-state index < -0.39 is 10.0 Å². The standard InChI is InChI=1S/C23H27BrN2O4S/c1-15-6-9-21(30-3)22(11-15)31(28,29)25-10-4-5-17(14-25)23(27)26-16(2)12-18-13-19(24)7-8-20(18)26/h6-9,11,13,16-17H,4-5,10,12,14H2,1-3H3/t16-,17-/m0/s1. The number of fused-ring (bicyclic) bond motifs is 1. The predicted molar refractivity (Wildman–Crippen MR) is 124 cm³/mol. The third-order valence-corrected chi connectivity index (χ3v) is 8.54. The zero-order chi connectivity index (χ0) is 22.3. The SMILES string of the molecule is COc1ccc(C)cc1S(=O)(=O)N1CCC[C@H](C(=O)N2c3ccc(Br)cc3C[C@@H]2C)C1.